The van der Waals surface area contributed by atoms with Gasteiger partial charge in [-0.2, -0.15) is 4.98 Å². The van der Waals surface area contributed by atoms with Gasteiger partial charge in [0, 0.05) is 31.9 Å². The monoisotopic (exact) mass is 321 g/mol. The number of hydrogen-bond donors (Lipinski definition) is 2. The van der Waals surface area contributed by atoms with Crippen LogP contribution < -0.4 is 15.5 Å². The normalized spacial score (nSPS) is 11.7. The quantitative estimate of drug-likeness (QED) is 0.908. The lowest BCUT2D eigenvalue weighted by molar-refractivity contribution is 0.249. The van der Waals surface area contributed by atoms with E-state index in [1.807, 2.05) is 14.1 Å². The summed E-state index contributed by atoms with van der Waals surface area (Å²) in [5.74, 6) is -0.631. The number of amides is 2. The highest BCUT2D eigenvalue weighted by Crippen LogP contribution is 2.17. The van der Waals surface area contributed by atoms with Gasteiger partial charge in [-0.1, -0.05) is 6.07 Å². The fourth-order valence-corrected chi connectivity index (χ4v) is 1.92. The summed E-state index contributed by atoms with van der Waals surface area (Å²) in [5, 5.41) is 5.02. The maximum atomic E-state index is 13.7. The van der Waals surface area contributed by atoms with E-state index in [0.717, 1.165) is 12.1 Å². The van der Waals surface area contributed by atoms with Gasteiger partial charge in [0.15, 0.2) is 0 Å². The third-order valence-corrected chi connectivity index (χ3v) is 3.10. The summed E-state index contributed by atoms with van der Waals surface area (Å²) < 4.78 is 26.6. The Hall–Kier alpha value is -2.77. The van der Waals surface area contributed by atoms with Crippen LogP contribution in [0, 0.1) is 11.6 Å². The van der Waals surface area contributed by atoms with Gasteiger partial charge in [0.1, 0.15) is 17.5 Å². The Bertz CT molecular complexity index is 708. The van der Waals surface area contributed by atoms with Crippen molar-refractivity contribution in [1.29, 1.82) is 0 Å². The third kappa shape index (κ3) is 4.35. The van der Waals surface area contributed by atoms with Crippen LogP contribution in [0.3, 0.4) is 0 Å². The van der Waals surface area contributed by atoms with E-state index in [1.54, 1.807) is 17.9 Å². The second-order valence-corrected chi connectivity index (χ2v) is 5.12. The van der Waals surface area contributed by atoms with E-state index in [2.05, 4.69) is 20.6 Å². The number of carbonyl (C=O) groups is 1. The molecule has 0 saturated carbocycles. The fourth-order valence-electron chi connectivity index (χ4n) is 1.92. The molecule has 1 aromatic carbocycles. The number of nitrogens with zero attached hydrogens (tertiary/aromatic N) is 3. The predicted molar refractivity (Wildman–Crippen MR) is 83.3 cm³/mol. The Balaban J connectivity index is 2.03. The zero-order valence-corrected chi connectivity index (χ0v) is 13.0. The summed E-state index contributed by atoms with van der Waals surface area (Å²) in [4.78, 5) is 21.8. The Morgan fingerprint density at radius 1 is 1.26 bits per heavy atom. The highest BCUT2D eigenvalue weighted by Gasteiger charge is 2.15. The van der Waals surface area contributed by atoms with Gasteiger partial charge in [0.25, 0.3) is 0 Å². The average molecular weight is 321 g/mol. The van der Waals surface area contributed by atoms with Gasteiger partial charge < -0.3 is 10.2 Å². The fraction of sp³-hybridized carbons (Fsp3) is 0.267. The molecule has 1 unspecified atom stereocenters. The first-order valence-electron chi connectivity index (χ1n) is 6.89. The smallest absolute Gasteiger partial charge is 0.322 e. The highest BCUT2D eigenvalue weighted by atomic mass is 19.1. The van der Waals surface area contributed by atoms with Gasteiger partial charge in [-0.05, 0) is 19.1 Å². The van der Waals surface area contributed by atoms with E-state index in [9.17, 15) is 13.6 Å². The molecule has 1 aromatic heterocycles. The summed E-state index contributed by atoms with van der Waals surface area (Å²) in [6.07, 6.45) is 1.51. The molecule has 23 heavy (non-hydrogen) atoms. The van der Waals surface area contributed by atoms with Crippen LogP contribution in [0.2, 0.25) is 0 Å². The van der Waals surface area contributed by atoms with Crippen LogP contribution >= 0.6 is 0 Å². The van der Waals surface area contributed by atoms with Gasteiger partial charge in [-0.3, -0.25) is 5.32 Å². The van der Waals surface area contributed by atoms with Crippen LogP contribution in [0.25, 0.3) is 0 Å². The number of nitrogens with one attached hydrogen (secondary N) is 2. The Morgan fingerprint density at radius 2 is 2.00 bits per heavy atom. The summed E-state index contributed by atoms with van der Waals surface area (Å²) in [7, 11) is 3.62. The first kappa shape index (κ1) is 16.6. The first-order valence-corrected chi connectivity index (χ1v) is 6.89. The lowest BCUT2D eigenvalue weighted by Crippen LogP contribution is -2.32. The van der Waals surface area contributed by atoms with Crippen molar-refractivity contribution in [1.82, 2.24) is 15.3 Å². The molecular formula is C15H17F2N5O. The Morgan fingerprint density at radius 3 is 2.65 bits per heavy atom. The van der Waals surface area contributed by atoms with Crippen molar-refractivity contribution < 1.29 is 13.6 Å². The minimum Gasteiger partial charge on any atom is -0.363 e. The van der Waals surface area contributed by atoms with E-state index in [4.69, 9.17) is 0 Å². The molecule has 0 spiro atoms. The molecule has 2 N–H and O–H groups in total. The summed E-state index contributed by atoms with van der Waals surface area (Å²) in [5.41, 5.74) is 0.185. The Labute approximate surface area is 132 Å². The van der Waals surface area contributed by atoms with Crippen molar-refractivity contribution in [3.05, 3.63) is 47.7 Å². The largest absolute Gasteiger partial charge is 0.363 e. The SMILES string of the molecule is CC(NC(=O)Nc1nccc(N(C)C)n1)c1ccc(F)cc1F. The maximum Gasteiger partial charge on any atom is 0.322 e. The standard InChI is InChI=1S/C15H17F2N5O/c1-9(11-5-4-10(16)8-12(11)17)19-15(23)21-14-18-7-6-13(20-14)22(2)3/h4-9H,1-3H3,(H2,18,19,20,21,23). The van der Waals surface area contributed by atoms with Gasteiger partial charge in [-0.15, -0.1) is 0 Å². The molecule has 8 heteroatoms. The third-order valence-electron chi connectivity index (χ3n) is 3.10. The predicted octanol–water partition coefficient (Wildman–Crippen LogP) is 2.70. The molecule has 0 fully saturated rings. The molecule has 0 saturated heterocycles. The number of aromatic nitrogens is 2. The molecule has 0 aliphatic carbocycles. The zero-order chi connectivity index (χ0) is 17.0. The van der Waals surface area contributed by atoms with E-state index in [1.165, 1.54) is 12.3 Å². The highest BCUT2D eigenvalue weighted by molar-refractivity contribution is 5.87. The molecule has 1 atom stereocenters. The number of benzene rings is 1. The molecule has 2 amide bonds. The molecule has 122 valence electrons. The van der Waals surface area contributed by atoms with Gasteiger partial charge in [-0.25, -0.2) is 18.6 Å². The van der Waals surface area contributed by atoms with Crippen molar-refractivity contribution in [2.24, 2.45) is 0 Å². The summed E-state index contributed by atoms with van der Waals surface area (Å²) >= 11 is 0. The maximum absolute atomic E-state index is 13.7. The van der Waals surface area contributed by atoms with Crippen molar-refractivity contribution in [2.75, 3.05) is 24.3 Å². The van der Waals surface area contributed by atoms with Gasteiger partial charge in [0.05, 0.1) is 6.04 Å². The molecule has 0 aliphatic heterocycles. The minimum absolute atomic E-state index is 0.125. The number of hydrogen-bond acceptors (Lipinski definition) is 4. The summed E-state index contributed by atoms with van der Waals surface area (Å²) in [6.45, 7) is 1.59. The van der Waals surface area contributed by atoms with E-state index in [-0.39, 0.29) is 11.5 Å². The average Bonchev–Trinajstić information content (AvgIpc) is 2.47. The van der Waals surface area contributed by atoms with Crippen LogP contribution in [0.5, 0.6) is 0 Å². The lowest BCUT2D eigenvalue weighted by atomic mass is 10.1. The van der Waals surface area contributed by atoms with Crippen molar-refractivity contribution in [3.8, 4) is 0 Å². The van der Waals surface area contributed by atoms with Crippen molar-refractivity contribution in [3.63, 3.8) is 0 Å². The number of urea groups is 1. The number of anilines is 2. The molecule has 6 nitrogen and oxygen atoms in total. The molecular weight excluding hydrogens is 304 g/mol. The lowest BCUT2D eigenvalue weighted by Gasteiger charge is -2.16. The molecule has 2 rings (SSSR count). The Kier molecular flexibility index (Phi) is 5.05. The minimum atomic E-state index is -0.719. The number of carbonyl (C=O) groups excluding carboxylic acids is 1. The van der Waals surface area contributed by atoms with Crippen LogP contribution in [-0.4, -0.2) is 30.1 Å². The van der Waals surface area contributed by atoms with E-state index in [0.29, 0.717) is 5.82 Å². The van der Waals surface area contributed by atoms with Crippen LogP contribution in [0.15, 0.2) is 30.5 Å². The molecule has 0 radical (unpaired) electrons. The zero-order valence-electron chi connectivity index (χ0n) is 13.0. The van der Waals surface area contributed by atoms with Crippen LogP contribution in [0.4, 0.5) is 25.3 Å². The van der Waals surface area contributed by atoms with Crippen molar-refractivity contribution in [2.45, 2.75) is 13.0 Å². The van der Waals surface area contributed by atoms with E-state index >= 15 is 0 Å². The number of halogens is 2. The molecule has 0 bridgehead atoms. The summed E-state index contributed by atoms with van der Waals surface area (Å²) in [6, 6.07) is 3.66. The molecule has 0 aliphatic rings. The second kappa shape index (κ2) is 6.99. The van der Waals surface area contributed by atoms with Crippen molar-refractivity contribution >= 4 is 17.8 Å². The topological polar surface area (TPSA) is 70.2 Å². The molecule has 1 heterocycles. The molecule has 2 aromatic rings. The van der Waals surface area contributed by atoms with Crippen LogP contribution in [0.1, 0.15) is 18.5 Å². The second-order valence-electron chi connectivity index (χ2n) is 5.12. The van der Waals surface area contributed by atoms with E-state index < -0.39 is 23.7 Å². The number of rotatable bonds is 4. The van der Waals surface area contributed by atoms with Gasteiger partial charge >= 0.3 is 6.03 Å². The first-order chi connectivity index (χ1) is 10.9. The van der Waals surface area contributed by atoms with Gasteiger partial charge in [0.2, 0.25) is 5.95 Å². The van der Waals surface area contributed by atoms with Crippen LogP contribution in [-0.2, 0) is 0 Å².